The third-order valence-electron chi connectivity index (χ3n) is 2.00. The molecule has 0 amide bonds. The molecule has 0 aliphatic carbocycles. The van der Waals surface area contributed by atoms with Crippen LogP contribution in [0.2, 0.25) is 0 Å². The van der Waals surface area contributed by atoms with Gasteiger partial charge in [0.15, 0.2) is 5.38 Å². The zero-order chi connectivity index (χ0) is 11.1. The Morgan fingerprint density at radius 1 is 1.40 bits per heavy atom. The van der Waals surface area contributed by atoms with Crippen molar-refractivity contribution in [3.05, 3.63) is 29.8 Å². The number of nitrogens with zero attached hydrogens (tertiary/aromatic N) is 1. The number of benzene rings is 1. The SMILES string of the molecule is CCCc1ccc(OCC(Cl)C#N)cc1. The van der Waals surface area contributed by atoms with Crippen LogP contribution in [0.25, 0.3) is 0 Å². The van der Waals surface area contributed by atoms with Gasteiger partial charge in [-0.2, -0.15) is 5.26 Å². The molecule has 15 heavy (non-hydrogen) atoms. The molecule has 1 atom stereocenters. The van der Waals surface area contributed by atoms with Crippen LogP contribution in [0.4, 0.5) is 0 Å². The van der Waals surface area contributed by atoms with Crippen LogP contribution in [0.5, 0.6) is 5.75 Å². The van der Waals surface area contributed by atoms with E-state index in [1.807, 2.05) is 30.3 Å². The van der Waals surface area contributed by atoms with E-state index in [0.717, 1.165) is 18.6 Å². The fourth-order valence-corrected chi connectivity index (χ4v) is 1.31. The first-order valence-corrected chi connectivity index (χ1v) is 5.45. The second kappa shape index (κ2) is 6.31. The van der Waals surface area contributed by atoms with Crippen molar-refractivity contribution >= 4 is 11.6 Å². The van der Waals surface area contributed by atoms with Gasteiger partial charge in [-0.3, -0.25) is 0 Å². The van der Waals surface area contributed by atoms with Crippen molar-refractivity contribution in [3.8, 4) is 11.8 Å². The summed E-state index contributed by atoms with van der Waals surface area (Å²) in [4.78, 5) is 0. The number of nitriles is 1. The minimum absolute atomic E-state index is 0.227. The lowest BCUT2D eigenvalue weighted by atomic mass is 10.1. The lowest BCUT2D eigenvalue weighted by Crippen LogP contribution is -2.08. The van der Waals surface area contributed by atoms with E-state index in [4.69, 9.17) is 21.6 Å². The van der Waals surface area contributed by atoms with Crippen molar-refractivity contribution in [3.63, 3.8) is 0 Å². The number of halogens is 1. The van der Waals surface area contributed by atoms with Crippen molar-refractivity contribution in [1.29, 1.82) is 5.26 Å². The van der Waals surface area contributed by atoms with Crippen LogP contribution in [0.1, 0.15) is 18.9 Å². The van der Waals surface area contributed by atoms with E-state index in [0.29, 0.717) is 0 Å². The second-order valence-electron chi connectivity index (χ2n) is 3.30. The zero-order valence-corrected chi connectivity index (χ0v) is 9.50. The molecule has 0 N–H and O–H groups in total. The molecule has 0 radical (unpaired) electrons. The summed E-state index contributed by atoms with van der Waals surface area (Å²) in [6.07, 6.45) is 2.22. The van der Waals surface area contributed by atoms with E-state index in [9.17, 15) is 0 Å². The molecule has 0 saturated heterocycles. The van der Waals surface area contributed by atoms with Crippen molar-refractivity contribution in [2.24, 2.45) is 0 Å². The number of rotatable bonds is 5. The zero-order valence-electron chi connectivity index (χ0n) is 8.74. The monoisotopic (exact) mass is 223 g/mol. The molecule has 0 spiro atoms. The Labute approximate surface area is 95.4 Å². The summed E-state index contributed by atoms with van der Waals surface area (Å²) in [7, 11) is 0. The highest BCUT2D eigenvalue weighted by molar-refractivity contribution is 6.22. The van der Waals surface area contributed by atoms with E-state index in [1.54, 1.807) is 0 Å². The molecule has 80 valence electrons. The molecule has 1 aromatic carbocycles. The molecule has 3 heteroatoms. The summed E-state index contributed by atoms with van der Waals surface area (Å²) in [5.41, 5.74) is 1.30. The Morgan fingerprint density at radius 3 is 2.60 bits per heavy atom. The van der Waals surface area contributed by atoms with Crippen LogP contribution < -0.4 is 4.74 Å². The number of aryl methyl sites for hydroxylation is 1. The fraction of sp³-hybridized carbons (Fsp3) is 0.417. The normalized spacial score (nSPS) is 11.8. The quantitative estimate of drug-likeness (QED) is 0.719. The first-order chi connectivity index (χ1) is 7.26. The molecule has 1 rings (SSSR count). The average Bonchev–Trinajstić information content (AvgIpc) is 2.28. The van der Waals surface area contributed by atoms with Gasteiger partial charge >= 0.3 is 0 Å². The summed E-state index contributed by atoms with van der Waals surface area (Å²) in [5, 5.41) is 7.88. The molecular weight excluding hydrogens is 210 g/mol. The highest BCUT2D eigenvalue weighted by Crippen LogP contribution is 2.14. The van der Waals surface area contributed by atoms with Crippen LogP contribution in [0.3, 0.4) is 0 Å². The predicted octanol–water partition coefficient (Wildman–Crippen LogP) is 3.15. The van der Waals surface area contributed by atoms with Gasteiger partial charge in [0.25, 0.3) is 0 Å². The first-order valence-electron chi connectivity index (χ1n) is 5.01. The van der Waals surface area contributed by atoms with Gasteiger partial charge in [0.1, 0.15) is 12.4 Å². The Morgan fingerprint density at radius 2 is 2.07 bits per heavy atom. The fourth-order valence-electron chi connectivity index (χ4n) is 1.25. The minimum Gasteiger partial charge on any atom is -0.491 e. The standard InChI is InChI=1S/C12H14ClNO/c1-2-3-10-4-6-12(7-5-10)15-9-11(13)8-14/h4-7,11H,2-3,9H2,1H3. The molecule has 0 aliphatic heterocycles. The van der Waals surface area contributed by atoms with Gasteiger partial charge in [-0.1, -0.05) is 25.5 Å². The third kappa shape index (κ3) is 4.22. The first kappa shape index (κ1) is 11.9. The van der Waals surface area contributed by atoms with Gasteiger partial charge in [-0.25, -0.2) is 0 Å². The van der Waals surface area contributed by atoms with E-state index in [1.165, 1.54) is 5.56 Å². The van der Waals surface area contributed by atoms with Crippen LogP contribution in [0.15, 0.2) is 24.3 Å². The van der Waals surface area contributed by atoms with Gasteiger partial charge in [0.05, 0.1) is 6.07 Å². The number of hydrogen-bond acceptors (Lipinski definition) is 2. The van der Waals surface area contributed by atoms with Crippen LogP contribution in [-0.2, 0) is 6.42 Å². The molecule has 1 aromatic rings. The van der Waals surface area contributed by atoms with Crippen molar-refractivity contribution in [2.45, 2.75) is 25.1 Å². The Balaban J connectivity index is 2.46. The minimum atomic E-state index is -0.583. The van der Waals surface area contributed by atoms with Crippen molar-refractivity contribution in [2.75, 3.05) is 6.61 Å². The Kier molecular flexibility index (Phi) is 5.00. The summed E-state index contributed by atoms with van der Waals surface area (Å²) < 4.78 is 5.34. The number of ether oxygens (including phenoxy) is 1. The molecule has 2 nitrogen and oxygen atoms in total. The maximum absolute atomic E-state index is 8.46. The van der Waals surface area contributed by atoms with E-state index in [2.05, 4.69) is 6.92 Å². The van der Waals surface area contributed by atoms with Gasteiger partial charge in [-0.05, 0) is 24.1 Å². The highest BCUT2D eigenvalue weighted by Gasteiger charge is 2.02. The Bertz CT molecular complexity index is 328. The van der Waals surface area contributed by atoms with Crippen LogP contribution in [0, 0.1) is 11.3 Å². The molecule has 0 fully saturated rings. The molecule has 0 bridgehead atoms. The highest BCUT2D eigenvalue weighted by atomic mass is 35.5. The maximum Gasteiger partial charge on any atom is 0.154 e. The third-order valence-corrected chi connectivity index (χ3v) is 2.22. The molecular formula is C12H14ClNO. The topological polar surface area (TPSA) is 33.0 Å². The van der Waals surface area contributed by atoms with Gasteiger partial charge in [-0.15, -0.1) is 11.6 Å². The van der Waals surface area contributed by atoms with E-state index < -0.39 is 5.38 Å². The summed E-state index contributed by atoms with van der Waals surface area (Å²) >= 11 is 5.61. The van der Waals surface area contributed by atoms with E-state index in [-0.39, 0.29) is 6.61 Å². The Hall–Kier alpha value is -1.20. The molecule has 0 aromatic heterocycles. The van der Waals surface area contributed by atoms with Gasteiger partial charge in [0, 0.05) is 0 Å². The smallest absolute Gasteiger partial charge is 0.154 e. The van der Waals surface area contributed by atoms with Gasteiger partial charge in [0.2, 0.25) is 0 Å². The lowest BCUT2D eigenvalue weighted by Gasteiger charge is -2.06. The average molecular weight is 224 g/mol. The molecule has 0 aliphatic rings. The van der Waals surface area contributed by atoms with Crippen molar-refractivity contribution in [1.82, 2.24) is 0 Å². The number of alkyl halides is 1. The number of hydrogen-bond donors (Lipinski definition) is 0. The van der Waals surface area contributed by atoms with Gasteiger partial charge < -0.3 is 4.74 Å². The molecule has 0 heterocycles. The summed E-state index contributed by atoms with van der Waals surface area (Å²) in [5.74, 6) is 0.760. The second-order valence-corrected chi connectivity index (χ2v) is 3.83. The molecule has 0 saturated carbocycles. The van der Waals surface area contributed by atoms with Crippen LogP contribution >= 0.6 is 11.6 Å². The lowest BCUT2D eigenvalue weighted by molar-refractivity contribution is 0.329. The maximum atomic E-state index is 8.46. The summed E-state index contributed by atoms with van der Waals surface area (Å²) in [6, 6.07) is 9.80. The predicted molar refractivity (Wildman–Crippen MR) is 61.2 cm³/mol. The molecule has 1 unspecified atom stereocenters. The summed E-state index contributed by atoms with van der Waals surface area (Å²) in [6.45, 7) is 2.38. The van der Waals surface area contributed by atoms with E-state index >= 15 is 0 Å². The van der Waals surface area contributed by atoms with Crippen LogP contribution in [-0.4, -0.2) is 12.0 Å². The largest absolute Gasteiger partial charge is 0.491 e. The van der Waals surface area contributed by atoms with Crippen molar-refractivity contribution < 1.29 is 4.74 Å².